The van der Waals surface area contributed by atoms with E-state index in [-0.39, 0.29) is 5.92 Å². The fourth-order valence-corrected chi connectivity index (χ4v) is 3.54. The minimum absolute atomic E-state index is 0.228. The zero-order valence-corrected chi connectivity index (χ0v) is 12.3. The SMILES string of the molecule is N#CCc1ccccc1-c1ccc(SC2CC2C#N)cc1. The van der Waals surface area contributed by atoms with Crippen LogP contribution in [-0.4, -0.2) is 5.25 Å². The number of hydrogen-bond acceptors (Lipinski definition) is 3. The maximum Gasteiger partial charge on any atom is 0.0669 e. The lowest BCUT2D eigenvalue weighted by molar-refractivity contribution is 1.14. The van der Waals surface area contributed by atoms with Gasteiger partial charge >= 0.3 is 0 Å². The number of nitrogens with zero attached hydrogens (tertiary/aromatic N) is 2. The molecule has 0 aromatic heterocycles. The quantitative estimate of drug-likeness (QED) is 0.837. The highest BCUT2D eigenvalue weighted by Gasteiger charge is 2.37. The molecule has 0 N–H and O–H groups in total. The highest BCUT2D eigenvalue weighted by molar-refractivity contribution is 8.00. The van der Waals surface area contributed by atoms with Crippen LogP contribution in [0.1, 0.15) is 12.0 Å². The smallest absolute Gasteiger partial charge is 0.0669 e. The first-order valence-corrected chi connectivity index (χ1v) is 7.81. The van der Waals surface area contributed by atoms with Crippen LogP contribution in [0, 0.1) is 28.6 Å². The van der Waals surface area contributed by atoms with E-state index in [2.05, 4.69) is 42.5 Å². The summed E-state index contributed by atoms with van der Waals surface area (Å²) in [6.45, 7) is 0. The highest BCUT2D eigenvalue weighted by atomic mass is 32.2. The molecule has 0 saturated heterocycles. The Labute approximate surface area is 129 Å². The van der Waals surface area contributed by atoms with E-state index in [1.807, 2.05) is 18.2 Å². The molecule has 0 aliphatic heterocycles. The van der Waals surface area contributed by atoms with Crippen molar-refractivity contribution < 1.29 is 0 Å². The summed E-state index contributed by atoms with van der Waals surface area (Å²) in [5.74, 6) is 0.228. The number of rotatable bonds is 4. The summed E-state index contributed by atoms with van der Waals surface area (Å²) in [7, 11) is 0. The first-order chi connectivity index (χ1) is 10.3. The largest absolute Gasteiger partial charge is 0.198 e. The Hall–Kier alpha value is -2.23. The molecule has 21 heavy (non-hydrogen) atoms. The molecular weight excluding hydrogens is 276 g/mol. The first kappa shape index (κ1) is 13.7. The van der Waals surface area contributed by atoms with E-state index < -0.39 is 0 Å². The molecule has 1 aliphatic rings. The second kappa shape index (κ2) is 6.04. The monoisotopic (exact) mass is 290 g/mol. The minimum Gasteiger partial charge on any atom is -0.198 e. The molecule has 1 aliphatic carbocycles. The summed E-state index contributed by atoms with van der Waals surface area (Å²) in [5, 5.41) is 18.2. The van der Waals surface area contributed by atoms with Crippen molar-refractivity contribution in [3.05, 3.63) is 54.1 Å². The Morgan fingerprint density at radius 1 is 1.05 bits per heavy atom. The van der Waals surface area contributed by atoms with Gasteiger partial charge in [-0.1, -0.05) is 36.4 Å². The molecule has 102 valence electrons. The maximum atomic E-state index is 8.91. The summed E-state index contributed by atoms with van der Waals surface area (Å²) in [6, 6.07) is 21.0. The predicted octanol–water partition coefficient (Wildman–Crippen LogP) is 4.42. The van der Waals surface area contributed by atoms with Gasteiger partial charge < -0.3 is 0 Å². The zero-order chi connectivity index (χ0) is 14.7. The average Bonchev–Trinajstić information content (AvgIpc) is 3.27. The molecule has 0 bridgehead atoms. The van der Waals surface area contributed by atoms with Gasteiger partial charge in [-0.15, -0.1) is 11.8 Å². The molecule has 3 heteroatoms. The van der Waals surface area contributed by atoms with Gasteiger partial charge in [0.25, 0.3) is 0 Å². The molecule has 2 unspecified atom stereocenters. The van der Waals surface area contributed by atoms with Crippen LogP contribution in [-0.2, 0) is 6.42 Å². The molecule has 0 amide bonds. The highest BCUT2D eigenvalue weighted by Crippen LogP contribution is 2.44. The van der Waals surface area contributed by atoms with Gasteiger partial charge in [-0.3, -0.25) is 0 Å². The van der Waals surface area contributed by atoms with Crippen molar-refractivity contribution in [3.63, 3.8) is 0 Å². The summed E-state index contributed by atoms with van der Waals surface area (Å²) in [6.07, 6.45) is 1.44. The van der Waals surface area contributed by atoms with Crippen LogP contribution in [0.5, 0.6) is 0 Å². The molecule has 0 heterocycles. The van der Waals surface area contributed by atoms with Crippen LogP contribution >= 0.6 is 11.8 Å². The van der Waals surface area contributed by atoms with Crippen LogP contribution < -0.4 is 0 Å². The van der Waals surface area contributed by atoms with Crippen LogP contribution in [0.15, 0.2) is 53.4 Å². The molecule has 2 atom stereocenters. The van der Waals surface area contributed by atoms with E-state index in [1.54, 1.807) is 11.8 Å². The molecule has 2 aromatic carbocycles. The van der Waals surface area contributed by atoms with Crippen molar-refractivity contribution in [1.29, 1.82) is 10.5 Å². The Morgan fingerprint density at radius 3 is 2.48 bits per heavy atom. The van der Waals surface area contributed by atoms with Crippen molar-refractivity contribution in [2.75, 3.05) is 0 Å². The van der Waals surface area contributed by atoms with E-state index in [0.29, 0.717) is 11.7 Å². The summed E-state index contributed by atoms with van der Waals surface area (Å²) in [5.41, 5.74) is 3.32. The van der Waals surface area contributed by atoms with Crippen molar-refractivity contribution in [1.82, 2.24) is 0 Å². The van der Waals surface area contributed by atoms with Gasteiger partial charge in [-0.05, 0) is 35.2 Å². The molecule has 0 spiro atoms. The summed E-state index contributed by atoms with van der Waals surface area (Å²) >= 11 is 1.79. The predicted molar refractivity (Wildman–Crippen MR) is 84.6 cm³/mol. The normalized spacial score (nSPS) is 19.5. The van der Waals surface area contributed by atoms with E-state index in [9.17, 15) is 0 Å². The molecule has 3 rings (SSSR count). The van der Waals surface area contributed by atoms with Crippen LogP contribution in [0.4, 0.5) is 0 Å². The Bertz CT molecular complexity index is 722. The molecule has 0 radical (unpaired) electrons. The third-order valence-corrected chi connectivity index (χ3v) is 5.01. The van der Waals surface area contributed by atoms with Crippen LogP contribution in [0.2, 0.25) is 0 Å². The van der Waals surface area contributed by atoms with Gasteiger partial charge in [-0.25, -0.2) is 0 Å². The van der Waals surface area contributed by atoms with Crippen molar-refractivity contribution in [2.45, 2.75) is 23.0 Å². The second-order valence-corrected chi connectivity index (χ2v) is 6.46. The third-order valence-electron chi connectivity index (χ3n) is 3.64. The lowest BCUT2D eigenvalue weighted by atomic mass is 9.98. The second-order valence-electron chi connectivity index (χ2n) is 5.14. The van der Waals surface area contributed by atoms with Gasteiger partial charge in [0, 0.05) is 10.1 Å². The summed E-state index contributed by atoms with van der Waals surface area (Å²) in [4.78, 5) is 1.21. The lowest BCUT2D eigenvalue weighted by Gasteiger charge is -2.08. The minimum atomic E-state index is 0.228. The van der Waals surface area contributed by atoms with E-state index in [4.69, 9.17) is 10.5 Å². The van der Waals surface area contributed by atoms with Gasteiger partial charge in [-0.2, -0.15) is 10.5 Å². The Kier molecular flexibility index (Phi) is 3.95. The number of benzene rings is 2. The van der Waals surface area contributed by atoms with Crippen molar-refractivity contribution in [2.24, 2.45) is 5.92 Å². The number of nitriles is 2. The number of hydrogen-bond donors (Lipinski definition) is 0. The van der Waals surface area contributed by atoms with Crippen LogP contribution in [0.25, 0.3) is 11.1 Å². The standard InChI is InChI=1S/C18H14N2S/c19-10-9-13-3-1-2-4-17(13)14-5-7-16(8-6-14)21-18-11-15(18)12-20/h1-8,15,18H,9,11H2. The van der Waals surface area contributed by atoms with E-state index in [1.165, 1.54) is 4.90 Å². The molecule has 2 aromatic rings. The maximum absolute atomic E-state index is 8.91. The molecular formula is C18H14N2S. The van der Waals surface area contributed by atoms with E-state index in [0.717, 1.165) is 23.1 Å². The van der Waals surface area contributed by atoms with Crippen molar-refractivity contribution in [3.8, 4) is 23.3 Å². The number of thioether (sulfide) groups is 1. The van der Waals surface area contributed by atoms with Crippen LogP contribution in [0.3, 0.4) is 0 Å². The van der Waals surface area contributed by atoms with Gasteiger partial charge in [0.2, 0.25) is 0 Å². The van der Waals surface area contributed by atoms with Crippen molar-refractivity contribution >= 4 is 11.8 Å². The van der Waals surface area contributed by atoms with Gasteiger partial charge in [0.15, 0.2) is 0 Å². The fraction of sp³-hybridized carbons (Fsp3) is 0.222. The zero-order valence-electron chi connectivity index (χ0n) is 11.5. The average molecular weight is 290 g/mol. The lowest BCUT2D eigenvalue weighted by Crippen LogP contribution is -1.88. The molecule has 2 nitrogen and oxygen atoms in total. The van der Waals surface area contributed by atoms with Gasteiger partial charge in [0.1, 0.15) is 0 Å². The third kappa shape index (κ3) is 3.10. The Balaban J connectivity index is 1.79. The first-order valence-electron chi connectivity index (χ1n) is 6.93. The van der Waals surface area contributed by atoms with E-state index >= 15 is 0 Å². The topological polar surface area (TPSA) is 47.6 Å². The fourth-order valence-electron chi connectivity index (χ4n) is 2.37. The molecule has 1 fully saturated rings. The summed E-state index contributed by atoms with van der Waals surface area (Å²) < 4.78 is 0. The molecule has 1 saturated carbocycles. The Morgan fingerprint density at radius 2 is 1.81 bits per heavy atom. The van der Waals surface area contributed by atoms with Gasteiger partial charge in [0.05, 0.1) is 24.5 Å².